The van der Waals surface area contributed by atoms with Gasteiger partial charge in [-0.1, -0.05) is 23.7 Å². The van der Waals surface area contributed by atoms with Crippen LogP contribution in [0.2, 0.25) is 5.02 Å². The number of nitrogens with one attached hydrogen (secondary N) is 2. The zero-order chi connectivity index (χ0) is 12.3. The molecule has 3 nitrogen and oxygen atoms in total. The van der Waals surface area contributed by atoms with Crippen molar-refractivity contribution < 1.29 is 4.79 Å². The highest BCUT2D eigenvalue weighted by Crippen LogP contribution is 2.34. The van der Waals surface area contributed by atoms with E-state index in [0.717, 1.165) is 30.1 Å². The van der Waals surface area contributed by atoms with Crippen LogP contribution in [-0.2, 0) is 10.2 Å². The van der Waals surface area contributed by atoms with Gasteiger partial charge in [0.15, 0.2) is 0 Å². The standard InChI is InChI=1S/C13H17ClN2O/c1-15-9-13(5-6-16-12(17)8-13)10-3-2-4-11(14)7-10/h2-4,7,15H,5-6,8-9H2,1H3,(H,16,17). The summed E-state index contributed by atoms with van der Waals surface area (Å²) in [6.45, 7) is 1.52. The molecule has 2 rings (SSSR count). The first kappa shape index (κ1) is 12.4. The zero-order valence-electron chi connectivity index (χ0n) is 9.92. The van der Waals surface area contributed by atoms with E-state index in [4.69, 9.17) is 11.6 Å². The van der Waals surface area contributed by atoms with Crippen LogP contribution in [0.3, 0.4) is 0 Å². The molecule has 1 aliphatic heterocycles. The molecule has 0 bridgehead atoms. The van der Waals surface area contributed by atoms with Crippen molar-refractivity contribution in [1.29, 1.82) is 0 Å². The third kappa shape index (κ3) is 2.61. The predicted molar refractivity (Wildman–Crippen MR) is 69.3 cm³/mol. The van der Waals surface area contributed by atoms with Crippen molar-refractivity contribution in [3.05, 3.63) is 34.9 Å². The van der Waals surface area contributed by atoms with Crippen molar-refractivity contribution in [2.24, 2.45) is 0 Å². The number of carbonyl (C=O) groups is 1. The van der Waals surface area contributed by atoms with Crippen LogP contribution >= 0.6 is 11.6 Å². The fraction of sp³-hybridized carbons (Fsp3) is 0.462. The Morgan fingerprint density at radius 1 is 1.53 bits per heavy atom. The Bertz CT molecular complexity index is 418. The number of carbonyl (C=O) groups excluding carboxylic acids is 1. The van der Waals surface area contributed by atoms with Crippen molar-refractivity contribution >= 4 is 17.5 Å². The molecule has 0 radical (unpaired) electrons. The van der Waals surface area contributed by atoms with E-state index in [1.165, 1.54) is 0 Å². The molecule has 1 heterocycles. The van der Waals surface area contributed by atoms with Crippen LogP contribution in [0.4, 0.5) is 0 Å². The number of amides is 1. The predicted octanol–water partition coefficient (Wildman–Crippen LogP) is 1.71. The average molecular weight is 253 g/mol. The SMILES string of the molecule is CNCC1(c2cccc(Cl)c2)CCNC(=O)C1. The molecule has 2 N–H and O–H groups in total. The molecule has 0 aromatic heterocycles. The maximum atomic E-state index is 11.6. The molecular weight excluding hydrogens is 236 g/mol. The highest BCUT2D eigenvalue weighted by Gasteiger charge is 2.36. The molecule has 1 atom stereocenters. The van der Waals surface area contributed by atoms with Gasteiger partial charge < -0.3 is 10.6 Å². The number of halogens is 1. The first-order chi connectivity index (χ1) is 8.16. The average Bonchev–Trinajstić information content (AvgIpc) is 2.29. The summed E-state index contributed by atoms with van der Waals surface area (Å²) in [7, 11) is 1.92. The van der Waals surface area contributed by atoms with Crippen molar-refractivity contribution in [3.63, 3.8) is 0 Å². The van der Waals surface area contributed by atoms with Crippen LogP contribution in [0.1, 0.15) is 18.4 Å². The van der Waals surface area contributed by atoms with Gasteiger partial charge in [-0.05, 0) is 31.2 Å². The van der Waals surface area contributed by atoms with Crippen LogP contribution < -0.4 is 10.6 Å². The molecular formula is C13H17ClN2O. The number of hydrogen-bond acceptors (Lipinski definition) is 2. The zero-order valence-corrected chi connectivity index (χ0v) is 10.7. The highest BCUT2D eigenvalue weighted by molar-refractivity contribution is 6.30. The number of benzene rings is 1. The normalized spacial score (nSPS) is 24.5. The summed E-state index contributed by atoms with van der Waals surface area (Å²) in [6.07, 6.45) is 1.47. The second-order valence-corrected chi connectivity index (χ2v) is 5.03. The van der Waals surface area contributed by atoms with Crippen LogP contribution in [0.15, 0.2) is 24.3 Å². The molecule has 17 heavy (non-hydrogen) atoms. The molecule has 4 heteroatoms. The summed E-state index contributed by atoms with van der Waals surface area (Å²) in [5.41, 5.74) is 1.02. The van der Waals surface area contributed by atoms with Gasteiger partial charge >= 0.3 is 0 Å². The smallest absolute Gasteiger partial charge is 0.220 e. The largest absolute Gasteiger partial charge is 0.356 e. The quantitative estimate of drug-likeness (QED) is 0.860. The number of piperidine rings is 1. The van der Waals surface area contributed by atoms with Gasteiger partial charge in [0.05, 0.1) is 0 Å². The molecule has 0 saturated carbocycles. The molecule has 92 valence electrons. The van der Waals surface area contributed by atoms with Crippen LogP contribution in [0.25, 0.3) is 0 Å². The van der Waals surface area contributed by atoms with E-state index in [9.17, 15) is 4.79 Å². The minimum Gasteiger partial charge on any atom is -0.356 e. The Labute approximate surface area is 107 Å². The van der Waals surface area contributed by atoms with Gasteiger partial charge in [-0.25, -0.2) is 0 Å². The van der Waals surface area contributed by atoms with Gasteiger partial charge in [-0.3, -0.25) is 4.79 Å². The van der Waals surface area contributed by atoms with E-state index in [0.29, 0.717) is 6.42 Å². The molecule has 1 fully saturated rings. The van der Waals surface area contributed by atoms with E-state index >= 15 is 0 Å². The monoisotopic (exact) mass is 252 g/mol. The Morgan fingerprint density at radius 2 is 2.35 bits per heavy atom. The summed E-state index contributed by atoms with van der Waals surface area (Å²) in [5, 5.41) is 6.80. The second-order valence-electron chi connectivity index (χ2n) is 4.60. The second kappa shape index (κ2) is 5.07. The van der Waals surface area contributed by atoms with Gasteiger partial charge in [0, 0.05) is 29.9 Å². The Morgan fingerprint density at radius 3 is 3.00 bits per heavy atom. The first-order valence-electron chi connectivity index (χ1n) is 5.84. The maximum Gasteiger partial charge on any atom is 0.220 e. The van der Waals surface area contributed by atoms with E-state index in [-0.39, 0.29) is 11.3 Å². The first-order valence-corrected chi connectivity index (χ1v) is 6.21. The van der Waals surface area contributed by atoms with Gasteiger partial charge in [0.1, 0.15) is 0 Å². The minimum absolute atomic E-state index is 0.117. The lowest BCUT2D eigenvalue weighted by Gasteiger charge is -2.37. The fourth-order valence-corrected chi connectivity index (χ4v) is 2.75. The number of likely N-dealkylation sites (N-methyl/N-ethyl adjacent to an activating group) is 1. The van der Waals surface area contributed by atoms with E-state index in [2.05, 4.69) is 16.7 Å². The topological polar surface area (TPSA) is 41.1 Å². The molecule has 1 aromatic rings. The van der Waals surface area contributed by atoms with Crippen molar-refractivity contribution in [2.45, 2.75) is 18.3 Å². The number of rotatable bonds is 3. The lowest BCUT2D eigenvalue weighted by molar-refractivity contribution is -0.124. The minimum atomic E-state index is -0.123. The Kier molecular flexibility index (Phi) is 3.69. The van der Waals surface area contributed by atoms with Gasteiger partial charge in [-0.2, -0.15) is 0 Å². The summed E-state index contributed by atoms with van der Waals surface area (Å²) in [4.78, 5) is 11.6. The maximum absolute atomic E-state index is 11.6. The van der Waals surface area contributed by atoms with Gasteiger partial charge in [0.2, 0.25) is 5.91 Å². The molecule has 1 aliphatic rings. The van der Waals surface area contributed by atoms with E-state index in [1.807, 2.05) is 25.2 Å². The summed E-state index contributed by atoms with van der Waals surface area (Å²) in [6, 6.07) is 7.84. The van der Waals surface area contributed by atoms with Crippen molar-refractivity contribution in [2.75, 3.05) is 20.1 Å². The van der Waals surface area contributed by atoms with Gasteiger partial charge in [0.25, 0.3) is 0 Å². The van der Waals surface area contributed by atoms with Crippen molar-refractivity contribution in [3.8, 4) is 0 Å². The highest BCUT2D eigenvalue weighted by atomic mass is 35.5. The summed E-state index contributed by atoms with van der Waals surface area (Å²) >= 11 is 6.04. The summed E-state index contributed by atoms with van der Waals surface area (Å²) < 4.78 is 0. The number of hydrogen-bond donors (Lipinski definition) is 2. The third-order valence-corrected chi connectivity index (χ3v) is 3.61. The Hall–Kier alpha value is -1.06. The molecule has 1 saturated heterocycles. The van der Waals surface area contributed by atoms with Crippen LogP contribution in [-0.4, -0.2) is 26.0 Å². The van der Waals surface area contributed by atoms with Crippen LogP contribution in [0.5, 0.6) is 0 Å². The molecule has 1 unspecified atom stereocenters. The fourth-order valence-electron chi connectivity index (χ4n) is 2.56. The Balaban J connectivity index is 2.36. The van der Waals surface area contributed by atoms with Gasteiger partial charge in [-0.15, -0.1) is 0 Å². The molecule has 1 amide bonds. The van der Waals surface area contributed by atoms with E-state index in [1.54, 1.807) is 0 Å². The molecule has 0 aliphatic carbocycles. The van der Waals surface area contributed by atoms with E-state index < -0.39 is 0 Å². The lowest BCUT2D eigenvalue weighted by Crippen LogP contribution is -2.48. The van der Waals surface area contributed by atoms with Crippen molar-refractivity contribution in [1.82, 2.24) is 10.6 Å². The summed E-state index contributed by atoms with van der Waals surface area (Å²) in [5.74, 6) is 0.117. The lowest BCUT2D eigenvalue weighted by atomic mass is 9.73. The van der Waals surface area contributed by atoms with Crippen LogP contribution in [0, 0.1) is 0 Å². The molecule has 0 spiro atoms. The third-order valence-electron chi connectivity index (χ3n) is 3.38. The molecule has 1 aromatic carbocycles.